The van der Waals surface area contributed by atoms with Gasteiger partial charge in [-0.05, 0) is 18.2 Å². The quantitative estimate of drug-likeness (QED) is 0.477. The van der Waals surface area contributed by atoms with Crippen LogP contribution in [0.2, 0.25) is 0 Å². The van der Waals surface area contributed by atoms with Gasteiger partial charge in [0.15, 0.2) is 4.34 Å². The van der Waals surface area contributed by atoms with Gasteiger partial charge in [-0.15, -0.1) is 11.3 Å². The molecule has 0 saturated carbocycles. The fraction of sp³-hybridized carbons (Fsp3) is 0.364. The summed E-state index contributed by atoms with van der Waals surface area (Å²) < 4.78 is 7.32. The minimum atomic E-state index is 0.0745. The van der Waals surface area contributed by atoms with Gasteiger partial charge in [0.2, 0.25) is 0 Å². The maximum absolute atomic E-state index is 8.55. The number of ether oxygens (including phenoxy) is 1. The van der Waals surface area contributed by atoms with E-state index in [2.05, 4.69) is 4.98 Å². The first kappa shape index (κ1) is 12.6. The number of thioether (sulfide) groups is 1. The number of fused-ring (bicyclic) bond motifs is 1. The number of hydrogen-bond donors (Lipinski definition) is 2. The molecule has 1 heterocycles. The zero-order chi connectivity index (χ0) is 12.1. The van der Waals surface area contributed by atoms with Gasteiger partial charge in [0, 0.05) is 11.4 Å². The van der Waals surface area contributed by atoms with Gasteiger partial charge >= 0.3 is 0 Å². The number of aromatic nitrogens is 1. The number of anilines is 1. The van der Waals surface area contributed by atoms with Crippen LogP contribution in [0.15, 0.2) is 22.5 Å². The molecule has 0 fully saturated rings. The SMILES string of the molecule is Nc1ccc2nc(SCCOCCO)sc2c1. The van der Waals surface area contributed by atoms with E-state index in [1.807, 2.05) is 18.2 Å². The first-order valence-electron chi connectivity index (χ1n) is 5.27. The monoisotopic (exact) mass is 270 g/mol. The Hall–Kier alpha value is -0.820. The predicted molar refractivity (Wildman–Crippen MR) is 72.7 cm³/mol. The van der Waals surface area contributed by atoms with E-state index in [9.17, 15) is 0 Å². The van der Waals surface area contributed by atoms with Crippen molar-refractivity contribution in [1.82, 2.24) is 4.98 Å². The fourth-order valence-corrected chi connectivity index (χ4v) is 3.38. The molecule has 0 aliphatic carbocycles. The Morgan fingerprint density at radius 1 is 1.41 bits per heavy atom. The van der Waals surface area contributed by atoms with Crippen LogP contribution >= 0.6 is 23.1 Å². The number of aliphatic hydroxyl groups is 1. The summed E-state index contributed by atoms with van der Waals surface area (Å²) in [5.74, 6) is 0.843. The van der Waals surface area contributed by atoms with Crippen molar-refractivity contribution < 1.29 is 9.84 Å². The van der Waals surface area contributed by atoms with Gasteiger partial charge in [0.25, 0.3) is 0 Å². The standard InChI is InChI=1S/C11H14N2O2S2/c12-8-1-2-9-10(7-8)17-11(13-9)16-6-5-15-4-3-14/h1-2,7,14H,3-6,12H2. The third kappa shape index (κ3) is 3.57. The van der Waals surface area contributed by atoms with Gasteiger partial charge in [-0.2, -0.15) is 0 Å². The molecule has 3 N–H and O–H groups in total. The Morgan fingerprint density at radius 2 is 2.29 bits per heavy atom. The van der Waals surface area contributed by atoms with Gasteiger partial charge in [-0.25, -0.2) is 4.98 Å². The van der Waals surface area contributed by atoms with Crippen molar-refractivity contribution in [2.75, 3.05) is 31.3 Å². The minimum Gasteiger partial charge on any atom is -0.399 e. The van der Waals surface area contributed by atoms with E-state index < -0.39 is 0 Å². The van der Waals surface area contributed by atoms with Crippen molar-refractivity contribution in [3.05, 3.63) is 18.2 Å². The largest absolute Gasteiger partial charge is 0.399 e. The van der Waals surface area contributed by atoms with Crippen LogP contribution in [0.5, 0.6) is 0 Å². The average Bonchev–Trinajstić information content (AvgIpc) is 2.70. The zero-order valence-corrected chi connectivity index (χ0v) is 10.9. The summed E-state index contributed by atoms with van der Waals surface area (Å²) in [6, 6.07) is 5.74. The molecular formula is C11H14N2O2S2. The predicted octanol–water partition coefficient (Wildman–Crippen LogP) is 1.98. The summed E-state index contributed by atoms with van der Waals surface area (Å²) in [6.45, 7) is 1.10. The average molecular weight is 270 g/mol. The van der Waals surface area contributed by atoms with Crippen molar-refractivity contribution in [2.45, 2.75) is 4.34 Å². The van der Waals surface area contributed by atoms with Crippen LogP contribution in [0.25, 0.3) is 10.2 Å². The van der Waals surface area contributed by atoms with Gasteiger partial charge in [0.05, 0.1) is 30.0 Å². The molecule has 92 valence electrons. The first-order valence-corrected chi connectivity index (χ1v) is 7.07. The highest BCUT2D eigenvalue weighted by Gasteiger charge is 2.04. The van der Waals surface area contributed by atoms with E-state index in [1.54, 1.807) is 23.1 Å². The van der Waals surface area contributed by atoms with Gasteiger partial charge in [0.1, 0.15) is 0 Å². The number of aliphatic hydroxyl groups excluding tert-OH is 1. The molecule has 0 spiro atoms. The van der Waals surface area contributed by atoms with Crippen LogP contribution in [-0.4, -0.2) is 35.7 Å². The molecular weight excluding hydrogens is 256 g/mol. The normalized spacial score (nSPS) is 11.1. The molecule has 0 bridgehead atoms. The third-order valence-electron chi connectivity index (χ3n) is 2.08. The van der Waals surface area contributed by atoms with Crippen LogP contribution in [0.1, 0.15) is 0 Å². The molecule has 0 atom stereocenters. The summed E-state index contributed by atoms with van der Waals surface area (Å²) >= 11 is 3.30. The van der Waals surface area contributed by atoms with Gasteiger partial charge in [-0.1, -0.05) is 11.8 Å². The van der Waals surface area contributed by atoms with E-state index >= 15 is 0 Å². The molecule has 1 aromatic carbocycles. The van der Waals surface area contributed by atoms with E-state index in [0.717, 1.165) is 26.0 Å². The van der Waals surface area contributed by atoms with Crippen molar-refractivity contribution in [1.29, 1.82) is 0 Å². The van der Waals surface area contributed by atoms with Gasteiger partial charge < -0.3 is 15.6 Å². The van der Waals surface area contributed by atoms with Crippen LogP contribution in [-0.2, 0) is 4.74 Å². The highest BCUT2D eigenvalue weighted by molar-refractivity contribution is 8.01. The van der Waals surface area contributed by atoms with Crippen molar-refractivity contribution in [3.63, 3.8) is 0 Å². The number of nitrogens with zero attached hydrogens (tertiary/aromatic N) is 1. The maximum atomic E-state index is 8.55. The lowest BCUT2D eigenvalue weighted by Crippen LogP contribution is -2.02. The molecule has 0 amide bonds. The highest BCUT2D eigenvalue weighted by Crippen LogP contribution is 2.30. The van der Waals surface area contributed by atoms with Gasteiger partial charge in [-0.3, -0.25) is 0 Å². The van der Waals surface area contributed by atoms with E-state index in [1.165, 1.54) is 0 Å². The number of benzene rings is 1. The Labute approximate surface area is 108 Å². The number of hydrogen-bond acceptors (Lipinski definition) is 6. The summed E-state index contributed by atoms with van der Waals surface area (Å²) in [5, 5.41) is 8.55. The molecule has 2 rings (SSSR count). The number of rotatable bonds is 6. The molecule has 6 heteroatoms. The van der Waals surface area contributed by atoms with E-state index in [4.69, 9.17) is 15.6 Å². The van der Waals surface area contributed by atoms with Crippen molar-refractivity contribution in [2.24, 2.45) is 0 Å². The van der Waals surface area contributed by atoms with E-state index in [-0.39, 0.29) is 6.61 Å². The molecule has 0 saturated heterocycles. The highest BCUT2D eigenvalue weighted by atomic mass is 32.2. The van der Waals surface area contributed by atoms with Crippen molar-refractivity contribution >= 4 is 39.0 Å². The molecule has 0 aliphatic heterocycles. The third-order valence-corrected chi connectivity index (χ3v) is 4.21. The molecule has 1 aromatic heterocycles. The lowest BCUT2D eigenvalue weighted by molar-refractivity contribution is 0.103. The molecule has 0 aliphatic rings. The smallest absolute Gasteiger partial charge is 0.151 e. The second-order valence-corrected chi connectivity index (χ2v) is 5.76. The molecule has 17 heavy (non-hydrogen) atoms. The Morgan fingerprint density at radius 3 is 3.12 bits per heavy atom. The first-order chi connectivity index (χ1) is 8.29. The Kier molecular flexibility index (Phi) is 4.61. The lowest BCUT2D eigenvalue weighted by atomic mass is 10.3. The molecule has 0 unspecified atom stereocenters. The maximum Gasteiger partial charge on any atom is 0.151 e. The summed E-state index contributed by atoms with van der Waals surface area (Å²) in [4.78, 5) is 4.49. The molecule has 4 nitrogen and oxygen atoms in total. The van der Waals surface area contributed by atoms with Crippen LogP contribution in [0.4, 0.5) is 5.69 Å². The number of nitrogen functional groups attached to an aromatic ring is 1. The summed E-state index contributed by atoms with van der Waals surface area (Å²) in [5.41, 5.74) is 7.47. The van der Waals surface area contributed by atoms with Crippen molar-refractivity contribution in [3.8, 4) is 0 Å². The number of nitrogens with two attached hydrogens (primary N) is 1. The zero-order valence-electron chi connectivity index (χ0n) is 9.26. The van der Waals surface area contributed by atoms with Crippen LogP contribution in [0.3, 0.4) is 0 Å². The topological polar surface area (TPSA) is 68.4 Å². The molecule has 0 radical (unpaired) electrons. The lowest BCUT2D eigenvalue weighted by Gasteiger charge is -1.99. The molecule has 2 aromatic rings. The van der Waals surface area contributed by atoms with Crippen LogP contribution in [0, 0.1) is 0 Å². The Bertz CT molecular complexity index is 487. The fourth-order valence-electron chi connectivity index (χ4n) is 1.34. The second-order valence-electron chi connectivity index (χ2n) is 3.39. The number of thiazole rings is 1. The second kappa shape index (κ2) is 6.20. The van der Waals surface area contributed by atoms with Crippen LogP contribution < -0.4 is 5.73 Å². The summed E-state index contributed by atoms with van der Waals surface area (Å²) in [7, 11) is 0. The minimum absolute atomic E-state index is 0.0745. The Balaban J connectivity index is 1.91. The van der Waals surface area contributed by atoms with E-state index in [0.29, 0.717) is 13.2 Å². The summed E-state index contributed by atoms with van der Waals surface area (Å²) in [6.07, 6.45) is 0.